The van der Waals surface area contributed by atoms with E-state index in [4.69, 9.17) is 32.7 Å². The lowest BCUT2D eigenvalue weighted by atomic mass is 10.3. The van der Waals surface area contributed by atoms with Gasteiger partial charge in [-0.1, -0.05) is 41.4 Å². The smallest absolute Gasteiger partial charge is 0.119 e. The van der Waals surface area contributed by atoms with Crippen molar-refractivity contribution in [2.45, 2.75) is 12.8 Å². The van der Waals surface area contributed by atoms with Crippen molar-refractivity contribution in [3.8, 4) is 5.75 Å². The average molecular weight is 275 g/mol. The van der Waals surface area contributed by atoms with Gasteiger partial charge in [0.15, 0.2) is 0 Å². The molecule has 17 heavy (non-hydrogen) atoms. The van der Waals surface area contributed by atoms with Crippen molar-refractivity contribution in [3.63, 3.8) is 0 Å². The Morgan fingerprint density at radius 1 is 1.06 bits per heavy atom. The van der Waals surface area contributed by atoms with Crippen LogP contribution >= 0.6 is 23.2 Å². The van der Waals surface area contributed by atoms with Crippen molar-refractivity contribution in [1.82, 2.24) is 0 Å². The van der Waals surface area contributed by atoms with Crippen LogP contribution in [0.2, 0.25) is 0 Å². The van der Waals surface area contributed by atoms with Crippen LogP contribution in [0, 0.1) is 0 Å². The number of ether oxygens (including phenoxy) is 2. The summed E-state index contributed by atoms with van der Waals surface area (Å²) < 4.78 is 11.1. The Morgan fingerprint density at radius 3 is 2.47 bits per heavy atom. The summed E-state index contributed by atoms with van der Waals surface area (Å²) in [5.74, 6) is 0.908. The molecule has 4 heteroatoms. The van der Waals surface area contributed by atoms with Crippen LogP contribution < -0.4 is 4.74 Å². The van der Waals surface area contributed by atoms with Gasteiger partial charge in [-0.2, -0.15) is 0 Å². The third-order valence-corrected chi connectivity index (χ3v) is 2.36. The summed E-state index contributed by atoms with van der Waals surface area (Å²) in [6.07, 6.45) is 3.55. The number of hydrogen-bond acceptors (Lipinski definition) is 2. The molecule has 0 saturated carbocycles. The first kappa shape index (κ1) is 14.4. The molecule has 0 aliphatic heterocycles. The van der Waals surface area contributed by atoms with E-state index in [0.717, 1.165) is 18.6 Å². The molecule has 1 rings (SSSR count). The first-order valence-corrected chi connectivity index (χ1v) is 6.31. The molecule has 0 N–H and O–H groups in total. The number of halogens is 2. The number of hydrogen-bond donors (Lipinski definition) is 0. The second-order valence-electron chi connectivity index (χ2n) is 3.44. The summed E-state index contributed by atoms with van der Waals surface area (Å²) in [7, 11) is 0. The fraction of sp³-hybridized carbons (Fsp3) is 0.385. The molecule has 1 aromatic carbocycles. The summed E-state index contributed by atoms with van der Waals surface area (Å²) in [6.45, 7) is 1.86. The van der Waals surface area contributed by atoms with E-state index in [-0.39, 0.29) is 4.49 Å². The lowest BCUT2D eigenvalue weighted by molar-refractivity contribution is 0.152. The Bertz CT molecular complexity index is 321. The molecule has 1 aromatic rings. The molecule has 0 spiro atoms. The SMILES string of the molecule is ClC(Cl)=CCOCCCCOc1ccccc1. The zero-order valence-electron chi connectivity index (χ0n) is 9.57. The van der Waals surface area contributed by atoms with Crippen molar-refractivity contribution in [1.29, 1.82) is 0 Å². The van der Waals surface area contributed by atoms with Crippen LogP contribution in [0.15, 0.2) is 40.9 Å². The van der Waals surface area contributed by atoms with E-state index in [9.17, 15) is 0 Å². The van der Waals surface area contributed by atoms with E-state index in [1.54, 1.807) is 6.08 Å². The molecular formula is C13H16Cl2O2. The average Bonchev–Trinajstić information content (AvgIpc) is 2.33. The summed E-state index contributed by atoms with van der Waals surface area (Å²) >= 11 is 10.9. The first-order valence-electron chi connectivity index (χ1n) is 5.56. The van der Waals surface area contributed by atoms with Crippen molar-refractivity contribution in [3.05, 3.63) is 40.9 Å². The normalized spacial score (nSPS) is 10.0. The van der Waals surface area contributed by atoms with Gasteiger partial charge in [0, 0.05) is 6.61 Å². The topological polar surface area (TPSA) is 18.5 Å². The number of rotatable bonds is 8. The predicted octanol–water partition coefficient (Wildman–Crippen LogP) is 4.18. The monoisotopic (exact) mass is 274 g/mol. The van der Waals surface area contributed by atoms with Crippen LogP contribution in [0.5, 0.6) is 5.75 Å². The van der Waals surface area contributed by atoms with Gasteiger partial charge in [0.2, 0.25) is 0 Å². The molecule has 0 atom stereocenters. The first-order chi connectivity index (χ1) is 8.29. The van der Waals surface area contributed by atoms with Crippen LogP contribution in [0.4, 0.5) is 0 Å². The fourth-order valence-corrected chi connectivity index (χ4v) is 1.34. The van der Waals surface area contributed by atoms with Crippen LogP contribution in [0.1, 0.15) is 12.8 Å². The zero-order valence-corrected chi connectivity index (χ0v) is 11.1. The van der Waals surface area contributed by atoms with Crippen molar-refractivity contribution in [2.24, 2.45) is 0 Å². The molecule has 0 aliphatic carbocycles. The van der Waals surface area contributed by atoms with Crippen molar-refractivity contribution >= 4 is 23.2 Å². The highest BCUT2D eigenvalue weighted by atomic mass is 35.5. The molecule has 0 saturated heterocycles. The van der Waals surface area contributed by atoms with Gasteiger partial charge in [0.1, 0.15) is 10.2 Å². The van der Waals surface area contributed by atoms with Crippen molar-refractivity contribution < 1.29 is 9.47 Å². The fourth-order valence-electron chi connectivity index (χ4n) is 1.22. The Labute approximate surface area is 112 Å². The highest BCUT2D eigenvalue weighted by Gasteiger charge is 1.92. The standard InChI is InChI=1S/C13H16Cl2O2/c14-13(15)8-11-16-9-4-5-10-17-12-6-2-1-3-7-12/h1-3,6-8H,4-5,9-11H2. The molecule has 0 heterocycles. The molecule has 0 amide bonds. The number of para-hydroxylation sites is 1. The second kappa shape index (κ2) is 9.34. The Kier molecular flexibility index (Phi) is 7.89. The van der Waals surface area contributed by atoms with E-state index in [2.05, 4.69) is 0 Å². The number of benzene rings is 1. The molecule has 94 valence electrons. The summed E-state index contributed by atoms with van der Waals surface area (Å²) in [5, 5.41) is 0. The van der Waals surface area contributed by atoms with E-state index >= 15 is 0 Å². The van der Waals surface area contributed by atoms with E-state index in [0.29, 0.717) is 19.8 Å². The van der Waals surface area contributed by atoms with Crippen molar-refractivity contribution in [2.75, 3.05) is 19.8 Å². The quantitative estimate of drug-likeness (QED) is 0.662. The minimum Gasteiger partial charge on any atom is -0.494 e. The maximum absolute atomic E-state index is 5.54. The molecule has 2 nitrogen and oxygen atoms in total. The second-order valence-corrected chi connectivity index (χ2v) is 4.45. The minimum absolute atomic E-state index is 0.248. The van der Waals surface area contributed by atoms with Gasteiger partial charge < -0.3 is 9.47 Å². The Balaban J connectivity index is 1.93. The maximum atomic E-state index is 5.54. The summed E-state index contributed by atoms with van der Waals surface area (Å²) in [5.41, 5.74) is 0. The van der Waals surface area contributed by atoms with Crippen LogP contribution in [0.3, 0.4) is 0 Å². The molecule has 0 fully saturated rings. The van der Waals surface area contributed by atoms with Gasteiger partial charge in [-0.05, 0) is 31.1 Å². The van der Waals surface area contributed by atoms with Crippen LogP contribution in [-0.4, -0.2) is 19.8 Å². The van der Waals surface area contributed by atoms with Crippen LogP contribution in [0.25, 0.3) is 0 Å². The highest BCUT2D eigenvalue weighted by Crippen LogP contribution is 2.09. The van der Waals surface area contributed by atoms with Crippen LogP contribution in [-0.2, 0) is 4.74 Å². The predicted molar refractivity (Wildman–Crippen MR) is 71.8 cm³/mol. The summed E-state index contributed by atoms with van der Waals surface area (Å²) in [4.78, 5) is 0. The summed E-state index contributed by atoms with van der Waals surface area (Å²) in [6, 6.07) is 9.78. The maximum Gasteiger partial charge on any atom is 0.119 e. The Hall–Kier alpha value is -0.700. The molecule has 0 aliphatic rings. The Morgan fingerprint density at radius 2 is 1.76 bits per heavy atom. The molecule has 0 bridgehead atoms. The minimum atomic E-state index is 0.248. The lowest BCUT2D eigenvalue weighted by Gasteiger charge is -2.05. The van der Waals surface area contributed by atoms with E-state index in [1.165, 1.54) is 0 Å². The van der Waals surface area contributed by atoms with E-state index in [1.807, 2.05) is 30.3 Å². The molecular weight excluding hydrogens is 259 g/mol. The molecule has 0 unspecified atom stereocenters. The van der Waals surface area contributed by atoms with Gasteiger partial charge in [0.25, 0.3) is 0 Å². The van der Waals surface area contributed by atoms with Gasteiger partial charge in [-0.15, -0.1) is 0 Å². The largest absolute Gasteiger partial charge is 0.494 e. The molecule has 0 radical (unpaired) electrons. The van der Waals surface area contributed by atoms with Gasteiger partial charge in [-0.3, -0.25) is 0 Å². The third kappa shape index (κ3) is 8.08. The highest BCUT2D eigenvalue weighted by molar-refractivity contribution is 6.55. The zero-order chi connectivity index (χ0) is 12.3. The van der Waals surface area contributed by atoms with Gasteiger partial charge >= 0.3 is 0 Å². The van der Waals surface area contributed by atoms with E-state index < -0.39 is 0 Å². The lowest BCUT2D eigenvalue weighted by Crippen LogP contribution is -2.00. The third-order valence-electron chi connectivity index (χ3n) is 2.05. The van der Waals surface area contributed by atoms with Gasteiger partial charge in [0.05, 0.1) is 13.2 Å². The van der Waals surface area contributed by atoms with Gasteiger partial charge in [-0.25, -0.2) is 0 Å². The molecule has 0 aromatic heterocycles. The number of unbranched alkanes of at least 4 members (excludes halogenated alkanes) is 1.